The topological polar surface area (TPSA) is 126 Å². The Morgan fingerprint density at radius 3 is 2.61 bits per heavy atom. The molecule has 0 bridgehead atoms. The molecule has 2 N–H and O–H groups in total. The van der Waals surface area contributed by atoms with Gasteiger partial charge in [0.15, 0.2) is 17.2 Å². The number of hydrogen-bond acceptors (Lipinski definition) is 8. The van der Waals surface area contributed by atoms with E-state index in [0.717, 1.165) is 0 Å². The van der Waals surface area contributed by atoms with Crippen LogP contribution in [-0.2, 0) is 9.53 Å². The maximum Gasteiger partial charge on any atom is 0.410 e. The molecule has 202 valence electrons. The number of H-pyrrole nitrogens is 1. The predicted molar refractivity (Wildman–Crippen MR) is 138 cm³/mol. The summed E-state index contributed by atoms with van der Waals surface area (Å²) in [7, 11) is 0. The second-order valence-electron chi connectivity index (χ2n) is 10.7. The van der Waals surface area contributed by atoms with Crippen molar-refractivity contribution in [3.63, 3.8) is 0 Å². The van der Waals surface area contributed by atoms with Crippen LogP contribution in [0, 0.1) is 11.7 Å². The van der Waals surface area contributed by atoms with Gasteiger partial charge >= 0.3 is 6.09 Å². The fraction of sp³-hybridized carbons (Fsp3) is 0.500. The van der Waals surface area contributed by atoms with Crippen LogP contribution in [0.2, 0.25) is 0 Å². The van der Waals surface area contributed by atoms with Crippen molar-refractivity contribution in [3.8, 4) is 17.1 Å². The van der Waals surface area contributed by atoms with Gasteiger partial charge in [-0.05, 0) is 39.8 Å². The number of ether oxygens (including phenoxy) is 2. The van der Waals surface area contributed by atoms with Gasteiger partial charge in [-0.3, -0.25) is 4.79 Å². The van der Waals surface area contributed by atoms with Gasteiger partial charge in [0, 0.05) is 56.8 Å². The van der Waals surface area contributed by atoms with Gasteiger partial charge in [-0.2, -0.15) is 0 Å². The van der Waals surface area contributed by atoms with Gasteiger partial charge in [0.05, 0.1) is 17.5 Å². The first-order valence-electron chi connectivity index (χ1n) is 12.7. The second kappa shape index (κ2) is 10.1. The molecule has 2 fully saturated rings. The largest absolute Gasteiger partial charge is 0.473 e. The van der Waals surface area contributed by atoms with E-state index in [1.165, 1.54) is 6.07 Å². The molecular weight excluding hydrogens is 493 g/mol. The van der Waals surface area contributed by atoms with Gasteiger partial charge in [-0.1, -0.05) is 0 Å². The maximum atomic E-state index is 15.3. The third-order valence-electron chi connectivity index (χ3n) is 6.69. The van der Waals surface area contributed by atoms with Gasteiger partial charge in [-0.25, -0.2) is 24.1 Å². The highest BCUT2D eigenvalue weighted by molar-refractivity contribution is 5.84. The quantitative estimate of drug-likeness (QED) is 0.521. The van der Waals surface area contributed by atoms with Crippen molar-refractivity contribution < 1.29 is 23.5 Å². The summed E-state index contributed by atoms with van der Waals surface area (Å²) in [6, 6.07) is 3.18. The zero-order chi connectivity index (χ0) is 27.0. The lowest BCUT2D eigenvalue weighted by Gasteiger charge is -2.36. The number of nitrogens with zero attached hydrogens (tertiary/aromatic N) is 5. The molecule has 2 aliphatic rings. The average Bonchev–Trinajstić information content (AvgIpc) is 3.52. The van der Waals surface area contributed by atoms with E-state index in [0.29, 0.717) is 67.3 Å². The predicted octanol–water partition coefficient (Wildman–Crippen LogP) is 3.12. The third-order valence-corrected chi connectivity index (χ3v) is 6.69. The first-order chi connectivity index (χ1) is 18.1. The van der Waals surface area contributed by atoms with E-state index in [2.05, 4.69) is 25.3 Å². The van der Waals surface area contributed by atoms with Gasteiger partial charge in [0.2, 0.25) is 11.8 Å². The van der Waals surface area contributed by atoms with E-state index in [1.54, 1.807) is 23.5 Å². The molecule has 0 spiro atoms. The van der Waals surface area contributed by atoms with Gasteiger partial charge < -0.3 is 29.6 Å². The number of piperazine rings is 1. The van der Waals surface area contributed by atoms with E-state index in [-0.39, 0.29) is 29.8 Å². The van der Waals surface area contributed by atoms with E-state index < -0.39 is 11.4 Å². The van der Waals surface area contributed by atoms with Crippen LogP contribution in [0.15, 0.2) is 24.7 Å². The number of anilines is 1. The van der Waals surface area contributed by atoms with Crippen LogP contribution in [0.1, 0.15) is 34.1 Å². The molecule has 3 aromatic heterocycles. The van der Waals surface area contributed by atoms with Gasteiger partial charge in [-0.15, -0.1) is 0 Å². The SMILES string of the molecule is C[C@@H](Oc1nc(-c2cnc(N3CCN(C(=O)OC(C)(C)C)CC3)c(F)c2)cc2[nH]cnc12)[C@H]1CNC(=O)C1. The third kappa shape index (κ3) is 5.48. The average molecular weight is 526 g/mol. The first kappa shape index (κ1) is 25.7. The van der Waals surface area contributed by atoms with Crippen molar-refractivity contribution in [1.82, 2.24) is 30.2 Å². The number of rotatable bonds is 5. The minimum Gasteiger partial charge on any atom is -0.473 e. The summed E-state index contributed by atoms with van der Waals surface area (Å²) >= 11 is 0. The molecule has 38 heavy (non-hydrogen) atoms. The van der Waals surface area contributed by atoms with Crippen LogP contribution in [0.4, 0.5) is 15.0 Å². The summed E-state index contributed by atoms with van der Waals surface area (Å²) in [6.07, 6.45) is 2.88. The molecule has 0 unspecified atom stereocenters. The normalized spacial score (nSPS) is 19.0. The van der Waals surface area contributed by atoms with Crippen LogP contribution in [0.25, 0.3) is 22.3 Å². The van der Waals surface area contributed by atoms with Crippen molar-refractivity contribution >= 4 is 28.9 Å². The molecule has 11 nitrogen and oxygen atoms in total. The Balaban J connectivity index is 1.32. The molecule has 5 heterocycles. The Kier molecular flexibility index (Phi) is 6.80. The molecule has 0 aliphatic carbocycles. The molecule has 2 atom stereocenters. The van der Waals surface area contributed by atoms with E-state index >= 15 is 4.39 Å². The summed E-state index contributed by atoms with van der Waals surface area (Å²) < 4.78 is 26.8. The molecule has 12 heteroatoms. The second-order valence-corrected chi connectivity index (χ2v) is 10.7. The van der Waals surface area contributed by atoms with Crippen LogP contribution >= 0.6 is 0 Å². The molecule has 5 rings (SSSR count). The molecular formula is C26H32FN7O4. The molecule has 2 amide bonds. The minimum atomic E-state index is -0.569. The lowest BCUT2D eigenvalue weighted by molar-refractivity contribution is -0.119. The zero-order valence-corrected chi connectivity index (χ0v) is 22.0. The number of amides is 2. The number of aromatic nitrogens is 4. The number of fused-ring (bicyclic) bond motifs is 1. The van der Waals surface area contributed by atoms with E-state index in [9.17, 15) is 9.59 Å². The van der Waals surface area contributed by atoms with Crippen molar-refractivity contribution in [2.75, 3.05) is 37.6 Å². The lowest BCUT2D eigenvalue weighted by Crippen LogP contribution is -2.50. The molecule has 0 radical (unpaired) electrons. The smallest absolute Gasteiger partial charge is 0.410 e. The van der Waals surface area contributed by atoms with Gasteiger partial charge in [0.25, 0.3) is 0 Å². The number of aromatic amines is 1. The maximum absolute atomic E-state index is 15.3. The molecule has 0 aromatic carbocycles. The summed E-state index contributed by atoms with van der Waals surface area (Å²) in [6.45, 7) is 9.63. The Hall–Kier alpha value is -3.96. The molecule has 0 saturated carbocycles. The van der Waals surface area contributed by atoms with Crippen molar-refractivity contribution in [1.29, 1.82) is 0 Å². The highest BCUT2D eigenvalue weighted by atomic mass is 19.1. The lowest BCUT2D eigenvalue weighted by atomic mass is 10.0. The summed E-state index contributed by atoms with van der Waals surface area (Å²) in [5, 5.41) is 2.82. The first-order valence-corrected chi connectivity index (χ1v) is 12.7. The number of carbonyl (C=O) groups is 2. The number of nitrogens with one attached hydrogen (secondary N) is 2. The fourth-order valence-electron chi connectivity index (χ4n) is 4.61. The Bertz CT molecular complexity index is 1350. The van der Waals surface area contributed by atoms with Crippen LogP contribution in [0.5, 0.6) is 5.88 Å². The number of carbonyl (C=O) groups excluding carboxylic acids is 2. The van der Waals surface area contributed by atoms with Crippen molar-refractivity contribution in [2.24, 2.45) is 5.92 Å². The molecule has 2 saturated heterocycles. The number of halogens is 1. The minimum absolute atomic E-state index is 0.00460. The van der Waals surface area contributed by atoms with Crippen molar-refractivity contribution in [3.05, 3.63) is 30.5 Å². The fourth-order valence-corrected chi connectivity index (χ4v) is 4.61. The van der Waals surface area contributed by atoms with Crippen LogP contribution < -0.4 is 15.0 Å². The molecule has 2 aliphatic heterocycles. The number of imidazole rings is 1. The molecule has 3 aromatic rings. The highest BCUT2D eigenvalue weighted by Gasteiger charge is 2.30. The summed E-state index contributed by atoms with van der Waals surface area (Å²) in [4.78, 5) is 43.8. The monoisotopic (exact) mass is 525 g/mol. The Labute approximate surface area is 219 Å². The summed E-state index contributed by atoms with van der Waals surface area (Å²) in [5.41, 5.74) is 1.66. The van der Waals surface area contributed by atoms with E-state index in [4.69, 9.17) is 9.47 Å². The van der Waals surface area contributed by atoms with E-state index in [1.807, 2.05) is 32.6 Å². The summed E-state index contributed by atoms with van der Waals surface area (Å²) in [5.74, 6) is 0.0873. The highest BCUT2D eigenvalue weighted by Crippen LogP contribution is 2.31. The number of pyridine rings is 2. The zero-order valence-electron chi connectivity index (χ0n) is 22.0. The number of hydrogen-bond donors (Lipinski definition) is 2. The Morgan fingerprint density at radius 2 is 1.95 bits per heavy atom. The Morgan fingerprint density at radius 1 is 1.18 bits per heavy atom. The van der Waals surface area contributed by atoms with Gasteiger partial charge in [0.1, 0.15) is 11.7 Å². The standard InChI is InChI=1S/C26H32FN7O4/c1-15(16-10-21(35)28-12-16)37-24-22-20(30-14-31-22)11-19(32-24)17-9-18(27)23(29-13-17)33-5-7-34(8-6-33)25(36)38-26(2,3)4/h9,11,13-16H,5-8,10,12H2,1-4H3,(H,28,35)(H,30,31)/t15-,16-/m1/s1. The van der Waals surface area contributed by atoms with Crippen LogP contribution in [0.3, 0.4) is 0 Å². The van der Waals surface area contributed by atoms with Crippen LogP contribution in [-0.4, -0.2) is 81.3 Å². The van der Waals surface area contributed by atoms with Crippen molar-refractivity contribution in [2.45, 2.75) is 45.8 Å².